The first-order valence-corrected chi connectivity index (χ1v) is 1.32. The maximum Gasteiger partial charge on any atom is 0.302 e. The van der Waals surface area contributed by atoms with E-state index in [1.165, 1.54) is 14.0 Å². The first-order chi connectivity index (χ1) is 2.27. The van der Waals surface area contributed by atoms with Gasteiger partial charge in [0.05, 0.1) is 7.11 Å². The zero-order chi connectivity index (χ0) is 4.28. The van der Waals surface area contributed by atoms with Gasteiger partial charge < -0.3 is 4.74 Å². The third-order valence-corrected chi connectivity index (χ3v) is 0.287. The normalized spacial score (nSPS) is 5.67. The zero-order valence-electron chi connectivity index (χ0n) is 3.67. The van der Waals surface area contributed by atoms with Crippen LogP contribution in [0.4, 0.5) is 0 Å². The fourth-order valence-electron chi connectivity index (χ4n) is 0. The first-order valence-electron chi connectivity index (χ1n) is 1.32. The molecular weight excluding hydrogens is 108 g/mol. The van der Waals surface area contributed by atoms with Gasteiger partial charge in [-0.05, 0) is 0 Å². The van der Waals surface area contributed by atoms with Gasteiger partial charge in [0.2, 0.25) is 0 Å². The molecule has 0 aliphatic carbocycles. The molecule has 6 heavy (non-hydrogen) atoms. The molecule has 0 saturated carbocycles. The molecule has 0 aromatic carbocycles. The van der Waals surface area contributed by atoms with Crippen molar-refractivity contribution in [2.24, 2.45) is 0 Å². The van der Waals surface area contributed by atoms with E-state index in [1.807, 2.05) is 0 Å². The van der Waals surface area contributed by atoms with E-state index in [0.717, 1.165) is 0 Å². The van der Waals surface area contributed by atoms with Gasteiger partial charge in [0, 0.05) is 44.7 Å². The minimum absolute atomic E-state index is 0. The van der Waals surface area contributed by atoms with Crippen LogP contribution in [0.5, 0.6) is 0 Å². The SMILES string of the molecule is COC(C)=O.[Ar]. The van der Waals surface area contributed by atoms with E-state index in [1.54, 1.807) is 0 Å². The summed E-state index contributed by atoms with van der Waals surface area (Å²) in [6.07, 6.45) is 0. The van der Waals surface area contributed by atoms with Crippen LogP contribution in [-0.4, -0.2) is 13.1 Å². The molecule has 0 spiro atoms. The topological polar surface area (TPSA) is 26.3 Å². The summed E-state index contributed by atoms with van der Waals surface area (Å²) < 4.78 is 4.11. The van der Waals surface area contributed by atoms with Gasteiger partial charge in [-0.1, -0.05) is 0 Å². The molecule has 0 aromatic heterocycles. The molecule has 0 atom stereocenters. The Hall–Kier alpha value is 0.730. The van der Waals surface area contributed by atoms with Gasteiger partial charge in [0.25, 0.3) is 0 Å². The number of methoxy groups -OCH3 is 1. The maximum absolute atomic E-state index is 9.59. The molecule has 0 aromatic rings. The minimum Gasteiger partial charge on any atom is -0.469 e. The Labute approximate surface area is 66.9 Å². The average molecular weight is 114 g/mol. The Morgan fingerprint density at radius 1 is 1.67 bits per heavy atom. The number of carbonyl (C=O) groups excluding carboxylic acids is 1. The first kappa shape index (κ1) is 9.88. The van der Waals surface area contributed by atoms with Crippen molar-refractivity contribution in [1.82, 2.24) is 0 Å². The summed E-state index contributed by atoms with van der Waals surface area (Å²) in [6, 6.07) is 0. The number of carbonyl (C=O) groups is 1. The molecule has 3 heteroatoms. The molecule has 0 fully saturated rings. The smallest absolute Gasteiger partial charge is 0.302 e. The molecule has 0 unspecified atom stereocenters. The predicted octanol–water partition coefficient (Wildman–Crippen LogP) is 0.179. The largest absolute Gasteiger partial charge is 0.469 e. The van der Waals surface area contributed by atoms with Crippen molar-refractivity contribution < 1.29 is 47.3 Å². The molecule has 0 saturated heterocycles. The summed E-state index contributed by atoms with van der Waals surface area (Å²) in [6.45, 7) is 1.36. The van der Waals surface area contributed by atoms with Gasteiger partial charge in [-0.3, -0.25) is 4.79 Å². The number of hydrogen-bond donors (Lipinski definition) is 0. The summed E-state index contributed by atoms with van der Waals surface area (Å²) in [7, 11) is 1.35. The van der Waals surface area contributed by atoms with Crippen LogP contribution < -0.4 is 0 Å². The summed E-state index contributed by atoms with van der Waals surface area (Å²) in [5.41, 5.74) is 0. The van der Waals surface area contributed by atoms with Gasteiger partial charge in [0.1, 0.15) is 0 Å². The summed E-state index contributed by atoms with van der Waals surface area (Å²) in [5.74, 6) is -0.245. The molecule has 0 rings (SSSR count). The maximum atomic E-state index is 9.59. The van der Waals surface area contributed by atoms with E-state index in [0.29, 0.717) is 0 Å². The van der Waals surface area contributed by atoms with Crippen molar-refractivity contribution >= 4 is 5.97 Å². The Morgan fingerprint density at radius 2 is 1.83 bits per heavy atom. The second-order valence-electron chi connectivity index (χ2n) is 0.696. The Balaban J connectivity index is 0. The van der Waals surface area contributed by atoms with Crippen LogP contribution in [0.3, 0.4) is 0 Å². The molecule has 0 amide bonds. The number of rotatable bonds is 0. The van der Waals surface area contributed by atoms with Crippen LogP contribution in [0.15, 0.2) is 0 Å². The quantitative estimate of drug-likeness (QED) is 0.420. The summed E-state index contributed by atoms with van der Waals surface area (Å²) in [4.78, 5) is 9.59. The van der Waals surface area contributed by atoms with Crippen molar-refractivity contribution in [3.8, 4) is 0 Å². The van der Waals surface area contributed by atoms with Gasteiger partial charge in [0.15, 0.2) is 0 Å². The molecular formula is C3H6ArO2. The van der Waals surface area contributed by atoms with Crippen molar-refractivity contribution in [3.63, 3.8) is 0 Å². The Morgan fingerprint density at radius 3 is 1.83 bits per heavy atom. The fourth-order valence-corrected chi connectivity index (χ4v) is 0. The molecule has 0 N–H and O–H groups in total. The van der Waals surface area contributed by atoms with Gasteiger partial charge in [-0.2, -0.15) is 0 Å². The standard InChI is InChI=1S/C3H6O2.Ar/c1-3(4)5-2;/h1-2H3;. The van der Waals surface area contributed by atoms with Gasteiger partial charge >= 0.3 is 5.97 Å². The van der Waals surface area contributed by atoms with Gasteiger partial charge in [-0.25, -0.2) is 0 Å². The predicted molar refractivity (Wildman–Crippen MR) is 17.7 cm³/mol. The molecule has 0 aliphatic rings. The number of esters is 1. The Bertz CT molecular complexity index is 44.1. The van der Waals surface area contributed by atoms with Crippen molar-refractivity contribution in [2.75, 3.05) is 7.11 Å². The van der Waals surface area contributed by atoms with E-state index < -0.39 is 0 Å². The molecule has 0 bridgehead atoms. The third kappa shape index (κ3) is 8.83. The molecule has 0 aliphatic heterocycles. The second kappa shape index (κ2) is 5.73. The number of hydrogen-bond acceptors (Lipinski definition) is 2. The van der Waals surface area contributed by atoms with Crippen LogP contribution >= 0.6 is 0 Å². The molecule has 0 radical (unpaired) electrons. The Kier molecular flexibility index (Phi) is 9.43. The number of ether oxygens (including phenoxy) is 1. The van der Waals surface area contributed by atoms with Gasteiger partial charge in [-0.15, -0.1) is 0 Å². The van der Waals surface area contributed by atoms with Crippen LogP contribution in [0, 0.1) is 37.7 Å². The van der Waals surface area contributed by atoms with E-state index in [9.17, 15) is 4.79 Å². The third-order valence-electron chi connectivity index (χ3n) is 0.287. The van der Waals surface area contributed by atoms with E-state index in [2.05, 4.69) is 4.74 Å². The summed E-state index contributed by atoms with van der Waals surface area (Å²) >= 11 is 0. The fraction of sp³-hybridized carbons (Fsp3) is 0.667. The molecule has 2 nitrogen and oxygen atoms in total. The minimum atomic E-state index is -0.245. The van der Waals surface area contributed by atoms with Crippen LogP contribution in [0.2, 0.25) is 0 Å². The monoisotopic (exact) mass is 114 g/mol. The van der Waals surface area contributed by atoms with E-state index >= 15 is 0 Å². The van der Waals surface area contributed by atoms with Crippen LogP contribution in [-0.2, 0) is 9.53 Å². The average Bonchev–Trinajstić information content (AvgIpc) is 1.38. The van der Waals surface area contributed by atoms with E-state index in [4.69, 9.17) is 0 Å². The van der Waals surface area contributed by atoms with Crippen molar-refractivity contribution in [1.29, 1.82) is 0 Å². The second-order valence-corrected chi connectivity index (χ2v) is 0.696. The molecule has 38 valence electrons. The molecule has 0 heterocycles. The summed E-state index contributed by atoms with van der Waals surface area (Å²) in [5, 5.41) is 0. The zero-order valence-corrected chi connectivity index (χ0v) is 4.38. The van der Waals surface area contributed by atoms with Crippen molar-refractivity contribution in [3.05, 3.63) is 0 Å². The van der Waals surface area contributed by atoms with Crippen molar-refractivity contribution in [2.45, 2.75) is 6.92 Å². The van der Waals surface area contributed by atoms with E-state index in [-0.39, 0.29) is 43.7 Å². The van der Waals surface area contributed by atoms with Crippen LogP contribution in [0.25, 0.3) is 0 Å². The van der Waals surface area contributed by atoms with Crippen LogP contribution in [0.1, 0.15) is 6.92 Å².